The Balaban J connectivity index is 1.48. The van der Waals surface area contributed by atoms with Gasteiger partial charge in [-0.2, -0.15) is 0 Å². The molecule has 128 valence electrons. The molecule has 25 heavy (non-hydrogen) atoms. The summed E-state index contributed by atoms with van der Waals surface area (Å²) >= 11 is 6.01. The molecule has 2 atom stereocenters. The van der Waals surface area contributed by atoms with Crippen molar-refractivity contribution < 1.29 is 4.79 Å². The molecule has 1 amide bonds. The first kappa shape index (κ1) is 16.1. The molecule has 0 spiro atoms. The van der Waals surface area contributed by atoms with Crippen molar-refractivity contribution in [2.75, 3.05) is 5.32 Å². The number of aromatic nitrogens is 2. The minimum absolute atomic E-state index is 0.108. The second-order valence-corrected chi connectivity index (χ2v) is 6.59. The van der Waals surface area contributed by atoms with Crippen molar-refractivity contribution >= 4 is 34.5 Å². The van der Waals surface area contributed by atoms with E-state index in [9.17, 15) is 4.79 Å². The van der Waals surface area contributed by atoms with Gasteiger partial charge in [0, 0.05) is 18.1 Å². The molecule has 2 aromatic carbocycles. The molecule has 0 saturated carbocycles. The molecule has 0 radical (unpaired) electrons. The maximum atomic E-state index is 12.6. The van der Waals surface area contributed by atoms with E-state index < -0.39 is 0 Å². The van der Waals surface area contributed by atoms with Gasteiger partial charge in [0.05, 0.1) is 11.0 Å². The predicted octanol–water partition coefficient (Wildman–Crippen LogP) is 2.77. The molecule has 0 bridgehead atoms. The zero-order valence-electron chi connectivity index (χ0n) is 13.7. The predicted molar refractivity (Wildman–Crippen MR) is 98.2 cm³/mol. The molecule has 3 N–H and O–H groups in total. The topological polar surface area (TPSA) is 71.0 Å². The second kappa shape index (κ2) is 6.48. The molecule has 1 fully saturated rings. The third kappa shape index (κ3) is 3.11. The zero-order chi connectivity index (χ0) is 17.4. The molecule has 1 aromatic heterocycles. The Morgan fingerprint density at radius 2 is 2.04 bits per heavy atom. The Hall–Kier alpha value is -2.41. The first-order valence-corrected chi connectivity index (χ1v) is 8.48. The Kier molecular flexibility index (Phi) is 4.17. The SMILES string of the molecule is Cn1c(NC(=O)C2CC(c3ccccc3)NN2)nc2cc(Cl)ccc21. The zero-order valence-corrected chi connectivity index (χ0v) is 14.4. The van der Waals surface area contributed by atoms with E-state index in [0.29, 0.717) is 17.4 Å². The van der Waals surface area contributed by atoms with E-state index in [4.69, 9.17) is 11.6 Å². The Morgan fingerprint density at radius 1 is 1.24 bits per heavy atom. The van der Waals surface area contributed by atoms with E-state index in [1.54, 1.807) is 6.07 Å². The lowest BCUT2D eigenvalue weighted by molar-refractivity contribution is -0.117. The molecule has 7 heteroatoms. The molecule has 2 heterocycles. The number of fused-ring (bicyclic) bond motifs is 1. The Bertz CT molecular complexity index is 924. The molecule has 3 aromatic rings. The number of nitrogens with one attached hydrogen (secondary N) is 3. The highest BCUT2D eigenvalue weighted by Crippen LogP contribution is 2.24. The number of rotatable bonds is 3. The van der Waals surface area contributed by atoms with Gasteiger partial charge < -0.3 is 4.57 Å². The first-order chi connectivity index (χ1) is 12.1. The summed E-state index contributed by atoms with van der Waals surface area (Å²) in [4.78, 5) is 17.1. The van der Waals surface area contributed by atoms with Crippen LogP contribution in [0.2, 0.25) is 5.02 Å². The van der Waals surface area contributed by atoms with Crippen LogP contribution in [0.25, 0.3) is 11.0 Å². The van der Waals surface area contributed by atoms with E-state index in [1.807, 2.05) is 41.9 Å². The highest BCUT2D eigenvalue weighted by molar-refractivity contribution is 6.31. The Morgan fingerprint density at radius 3 is 2.84 bits per heavy atom. The van der Waals surface area contributed by atoms with Crippen molar-refractivity contribution in [3.05, 3.63) is 59.1 Å². The van der Waals surface area contributed by atoms with Crippen molar-refractivity contribution in [1.82, 2.24) is 20.4 Å². The van der Waals surface area contributed by atoms with Crippen molar-refractivity contribution in [1.29, 1.82) is 0 Å². The van der Waals surface area contributed by atoms with Crippen LogP contribution in [-0.4, -0.2) is 21.5 Å². The molecule has 0 aliphatic carbocycles. The lowest BCUT2D eigenvalue weighted by Gasteiger charge is -2.10. The molecule has 4 rings (SSSR count). The van der Waals surface area contributed by atoms with Gasteiger partial charge in [0.2, 0.25) is 11.9 Å². The van der Waals surface area contributed by atoms with Crippen molar-refractivity contribution in [2.24, 2.45) is 7.05 Å². The average molecular weight is 356 g/mol. The Labute approximate surface area is 150 Å². The summed E-state index contributed by atoms with van der Waals surface area (Å²) in [6.45, 7) is 0. The third-order valence-corrected chi connectivity index (χ3v) is 4.73. The van der Waals surface area contributed by atoms with E-state index in [0.717, 1.165) is 16.6 Å². The van der Waals surface area contributed by atoms with Crippen LogP contribution in [0.1, 0.15) is 18.0 Å². The van der Waals surface area contributed by atoms with Gasteiger partial charge in [0.1, 0.15) is 6.04 Å². The highest BCUT2D eigenvalue weighted by Gasteiger charge is 2.30. The van der Waals surface area contributed by atoms with E-state index >= 15 is 0 Å². The minimum Gasteiger partial charge on any atom is -0.313 e. The summed E-state index contributed by atoms with van der Waals surface area (Å²) in [6, 6.07) is 15.3. The number of hydrogen-bond acceptors (Lipinski definition) is 4. The van der Waals surface area contributed by atoms with Crippen molar-refractivity contribution in [3.8, 4) is 0 Å². The van der Waals surface area contributed by atoms with Crippen LogP contribution in [0.15, 0.2) is 48.5 Å². The van der Waals surface area contributed by atoms with Crippen LogP contribution in [0.5, 0.6) is 0 Å². The lowest BCUT2D eigenvalue weighted by atomic mass is 10.0. The van der Waals surface area contributed by atoms with E-state index in [-0.39, 0.29) is 18.0 Å². The molecule has 2 unspecified atom stereocenters. The molecule has 6 nitrogen and oxygen atoms in total. The second-order valence-electron chi connectivity index (χ2n) is 6.16. The summed E-state index contributed by atoms with van der Waals surface area (Å²) in [5.74, 6) is 0.391. The summed E-state index contributed by atoms with van der Waals surface area (Å²) in [6.07, 6.45) is 0.672. The molecular weight excluding hydrogens is 338 g/mol. The standard InChI is InChI=1S/C18H18ClN5O/c1-24-16-8-7-12(19)9-14(16)20-18(24)21-17(25)15-10-13(22-23-15)11-5-3-2-4-6-11/h2-9,13,15,22-23H,10H2,1H3,(H,20,21,25). The molecule has 1 saturated heterocycles. The van der Waals surface area contributed by atoms with Gasteiger partial charge in [-0.3, -0.25) is 10.1 Å². The van der Waals surface area contributed by atoms with Crippen LogP contribution < -0.4 is 16.2 Å². The number of anilines is 1. The fourth-order valence-electron chi connectivity index (χ4n) is 3.11. The third-order valence-electron chi connectivity index (χ3n) is 4.50. The summed E-state index contributed by atoms with van der Waals surface area (Å²) in [7, 11) is 1.87. The number of amides is 1. The fraction of sp³-hybridized carbons (Fsp3) is 0.222. The smallest absolute Gasteiger partial charge is 0.245 e. The number of halogens is 1. The maximum absolute atomic E-state index is 12.6. The number of hydrazine groups is 1. The number of hydrogen-bond donors (Lipinski definition) is 3. The molecule has 1 aliphatic rings. The summed E-state index contributed by atoms with van der Waals surface area (Å²) in [5, 5.41) is 3.52. The maximum Gasteiger partial charge on any atom is 0.245 e. The van der Waals surface area contributed by atoms with Crippen LogP contribution in [0.4, 0.5) is 5.95 Å². The van der Waals surface area contributed by atoms with E-state index in [2.05, 4.69) is 33.3 Å². The van der Waals surface area contributed by atoms with Crippen LogP contribution in [-0.2, 0) is 11.8 Å². The van der Waals surface area contributed by atoms with Gasteiger partial charge in [-0.25, -0.2) is 15.8 Å². The molecule has 1 aliphatic heterocycles. The monoisotopic (exact) mass is 355 g/mol. The number of carbonyl (C=O) groups excluding carboxylic acids is 1. The van der Waals surface area contributed by atoms with Gasteiger partial charge in [-0.05, 0) is 30.2 Å². The normalized spacial score (nSPS) is 20.1. The van der Waals surface area contributed by atoms with Gasteiger partial charge in [-0.1, -0.05) is 41.9 Å². The van der Waals surface area contributed by atoms with Gasteiger partial charge in [0.25, 0.3) is 0 Å². The number of nitrogens with zero attached hydrogens (tertiary/aromatic N) is 2. The summed E-state index contributed by atoms with van der Waals surface area (Å²) < 4.78 is 1.85. The van der Waals surface area contributed by atoms with Crippen LogP contribution in [0, 0.1) is 0 Å². The van der Waals surface area contributed by atoms with Crippen LogP contribution >= 0.6 is 11.6 Å². The quantitative estimate of drug-likeness (QED) is 0.675. The average Bonchev–Trinajstić information content (AvgIpc) is 3.22. The van der Waals surface area contributed by atoms with Crippen molar-refractivity contribution in [3.63, 3.8) is 0 Å². The number of benzene rings is 2. The molecular formula is C18H18ClN5O. The summed E-state index contributed by atoms with van der Waals surface area (Å²) in [5.41, 5.74) is 9.08. The lowest BCUT2D eigenvalue weighted by Crippen LogP contribution is -2.40. The number of carbonyl (C=O) groups is 1. The first-order valence-electron chi connectivity index (χ1n) is 8.10. The van der Waals surface area contributed by atoms with E-state index in [1.165, 1.54) is 0 Å². The van der Waals surface area contributed by atoms with Gasteiger partial charge in [0.15, 0.2) is 0 Å². The van der Waals surface area contributed by atoms with Crippen LogP contribution in [0.3, 0.4) is 0 Å². The number of imidazole rings is 1. The van der Waals surface area contributed by atoms with Gasteiger partial charge in [-0.15, -0.1) is 0 Å². The van der Waals surface area contributed by atoms with Gasteiger partial charge >= 0.3 is 0 Å². The fourth-order valence-corrected chi connectivity index (χ4v) is 3.28. The minimum atomic E-state index is -0.325. The highest BCUT2D eigenvalue weighted by atomic mass is 35.5. The number of aryl methyl sites for hydroxylation is 1. The largest absolute Gasteiger partial charge is 0.313 e. The van der Waals surface area contributed by atoms with Crippen molar-refractivity contribution in [2.45, 2.75) is 18.5 Å².